The second kappa shape index (κ2) is 6.58. The van der Waals surface area contributed by atoms with Crippen LogP contribution < -0.4 is 4.74 Å². The summed E-state index contributed by atoms with van der Waals surface area (Å²) in [7, 11) is 0. The zero-order valence-corrected chi connectivity index (χ0v) is 9.92. The molecule has 0 aliphatic heterocycles. The predicted octanol–water partition coefficient (Wildman–Crippen LogP) is 2.28. The molecule has 0 spiro atoms. The predicted molar refractivity (Wildman–Crippen MR) is 64.0 cm³/mol. The zero-order valence-electron chi connectivity index (χ0n) is 9.92. The average Bonchev–Trinajstić information content (AvgIpc) is 2.30. The molecular formula is C13H16O4. The lowest BCUT2D eigenvalue weighted by Crippen LogP contribution is -2.09. The summed E-state index contributed by atoms with van der Waals surface area (Å²) >= 11 is 0. The maximum Gasteiger partial charge on any atom is 0.330 e. The normalized spacial score (nSPS) is 12.4. The summed E-state index contributed by atoms with van der Waals surface area (Å²) in [5, 5.41) is 9.10. The molecule has 0 aromatic heterocycles. The highest BCUT2D eigenvalue weighted by Gasteiger charge is 2.01. The van der Waals surface area contributed by atoms with Gasteiger partial charge in [-0.25, -0.2) is 4.79 Å². The molecule has 0 radical (unpaired) electrons. The Labute approximate surface area is 100 Å². The summed E-state index contributed by atoms with van der Waals surface area (Å²) in [5.41, 5.74) is 0. The van der Waals surface area contributed by atoms with Crippen molar-refractivity contribution in [3.05, 3.63) is 36.4 Å². The minimum absolute atomic E-state index is 0.187. The Kier molecular flexibility index (Phi) is 5.07. The summed E-state index contributed by atoms with van der Waals surface area (Å²) in [5.74, 6) is 0.435. The molecule has 0 bridgehead atoms. The minimum atomic E-state index is -0.381. The number of hydrogen-bond acceptors (Lipinski definition) is 4. The standard InChI is InChI=1S/C13H16O4/c1-3-16-13(15)9-4-10(2)17-12-7-5-11(14)6-8-12/h4-10,14H,3H2,1-2H3. The van der Waals surface area contributed by atoms with Gasteiger partial charge in [-0.3, -0.25) is 0 Å². The smallest absolute Gasteiger partial charge is 0.330 e. The number of carbonyl (C=O) groups is 1. The first-order chi connectivity index (χ1) is 8.11. The Hall–Kier alpha value is -1.97. The maximum atomic E-state index is 11.0. The van der Waals surface area contributed by atoms with E-state index in [-0.39, 0.29) is 17.8 Å². The van der Waals surface area contributed by atoms with Crippen LogP contribution in [0.4, 0.5) is 0 Å². The molecule has 0 heterocycles. The Morgan fingerprint density at radius 2 is 2.06 bits per heavy atom. The third-order valence-corrected chi connectivity index (χ3v) is 1.95. The zero-order chi connectivity index (χ0) is 12.7. The Bertz CT molecular complexity index is 381. The van der Waals surface area contributed by atoms with E-state index in [1.807, 2.05) is 6.92 Å². The van der Waals surface area contributed by atoms with E-state index in [2.05, 4.69) is 0 Å². The van der Waals surface area contributed by atoms with Gasteiger partial charge in [0, 0.05) is 6.08 Å². The first kappa shape index (κ1) is 13.1. The largest absolute Gasteiger partial charge is 0.508 e. The molecular weight excluding hydrogens is 220 g/mol. The van der Waals surface area contributed by atoms with Gasteiger partial charge in [-0.1, -0.05) is 0 Å². The Morgan fingerprint density at radius 3 is 2.65 bits per heavy atom. The minimum Gasteiger partial charge on any atom is -0.508 e. The number of ether oxygens (including phenoxy) is 2. The van der Waals surface area contributed by atoms with E-state index >= 15 is 0 Å². The van der Waals surface area contributed by atoms with Gasteiger partial charge in [0.25, 0.3) is 0 Å². The van der Waals surface area contributed by atoms with Crippen LogP contribution in [0.1, 0.15) is 13.8 Å². The lowest BCUT2D eigenvalue weighted by Gasteiger charge is -2.10. The van der Waals surface area contributed by atoms with Crippen LogP contribution in [0.3, 0.4) is 0 Å². The van der Waals surface area contributed by atoms with Crippen molar-refractivity contribution in [2.45, 2.75) is 20.0 Å². The lowest BCUT2D eigenvalue weighted by molar-refractivity contribution is -0.137. The summed E-state index contributed by atoms with van der Waals surface area (Å²) in [6, 6.07) is 6.39. The van der Waals surface area contributed by atoms with Crippen LogP contribution in [-0.4, -0.2) is 23.8 Å². The third-order valence-electron chi connectivity index (χ3n) is 1.95. The molecule has 0 aliphatic carbocycles. The van der Waals surface area contributed by atoms with Gasteiger partial charge in [0.1, 0.15) is 17.6 Å². The number of esters is 1. The van der Waals surface area contributed by atoms with Crippen molar-refractivity contribution in [3.8, 4) is 11.5 Å². The van der Waals surface area contributed by atoms with Crippen molar-refractivity contribution in [1.29, 1.82) is 0 Å². The van der Waals surface area contributed by atoms with Crippen LogP contribution in [0.15, 0.2) is 36.4 Å². The molecule has 0 fully saturated rings. The van der Waals surface area contributed by atoms with Crippen LogP contribution in [-0.2, 0) is 9.53 Å². The Balaban J connectivity index is 2.46. The number of benzene rings is 1. The summed E-state index contributed by atoms with van der Waals surface area (Å²) in [6.07, 6.45) is 2.71. The molecule has 4 nitrogen and oxygen atoms in total. The average molecular weight is 236 g/mol. The second-order valence-electron chi connectivity index (χ2n) is 3.43. The highest BCUT2D eigenvalue weighted by Crippen LogP contribution is 2.17. The molecule has 0 saturated carbocycles. The molecule has 17 heavy (non-hydrogen) atoms. The maximum absolute atomic E-state index is 11.0. The number of hydrogen-bond donors (Lipinski definition) is 1. The SMILES string of the molecule is CCOC(=O)C=CC(C)Oc1ccc(O)cc1. The van der Waals surface area contributed by atoms with Crippen molar-refractivity contribution in [1.82, 2.24) is 0 Å². The van der Waals surface area contributed by atoms with Crippen molar-refractivity contribution in [3.63, 3.8) is 0 Å². The Morgan fingerprint density at radius 1 is 1.41 bits per heavy atom. The van der Waals surface area contributed by atoms with Crippen LogP contribution in [0.25, 0.3) is 0 Å². The van der Waals surface area contributed by atoms with E-state index in [4.69, 9.17) is 14.6 Å². The topological polar surface area (TPSA) is 55.8 Å². The van der Waals surface area contributed by atoms with E-state index in [0.717, 1.165) is 0 Å². The molecule has 1 aromatic rings. The number of phenols is 1. The van der Waals surface area contributed by atoms with Gasteiger partial charge in [-0.2, -0.15) is 0 Å². The molecule has 1 N–H and O–H groups in total. The van der Waals surface area contributed by atoms with Gasteiger partial charge in [0.2, 0.25) is 0 Å². The fourth-order valence-corrected chi connectivity index (χ4v) is 1.18. The van der Waals surface area contributed by atoms with Crippen LogP contribution in [0, 0.1) is 0 Å². The van der Waals surface area contributed by atoms with E-state index in [1.54, 1.807) is 25.1 Å². The molecule has 0 saturated heterocycles. The molecule has 4 heteroatoms. The molecule has 1 aromatic carbocycles. The summed E-state index contributed by atoms with van der Waals surface area (Å²) < 4.78 is 10.2. The van der Waals surface area contributed by atoms with Crippen molar-refractivity contribution >= 4 is 5.97 Å². The number of rotatable bonds is 5. The third kappa shape index (κ3) is 5.06. The molecule has 0 amide bonds. The van der Waals surface area contributed by atoms with Crippen molar-refractivity contribution in [2.75, 3.05) is 6.61 Å². The first-order valence-corrected chi connectivity index (χ1v) is 5.42. The number of aromatic hydroxyl groups is 1. The van der Waals surface area contributed by atoms with Gasteiger partial charge in [-0.05, 0) is 44.2 Å². The van der Waals surface area contributed by atoms with Gasteiger partial charge >= 0.3 is 5.97 Å². The number of phenolic OH excluding ortho intramolecular Hbond substituents is 1. The van der Waals surface area contributed by atoms with E-state index in [1.165, 1.54) is 18.2 Å². The van der Waals surface area contributed by atoms with E-state index < -0.39 is 0 Å². The molecule has 1 atom stereocenters. The molecule has 0 aliphatic rings. The molecule has 1 rings (SSSR count). The highest BCUT2D eigenvalue weighted by molar-refractivity contribution is 5.81. The monoisotopic (exact) mass is 236 g/mol. The highest BCUT2D eigenvalue weighted by atomic mass is 16.5. The fraction of sp³-hybridized carbons (Fsp3) is 0.308. The van der Waals surface area contributed by atoms with E-state index in [0.29, 0.717) is 12.4 Å². The summed E-state index contributed by atoms with van der Waals surface area (Å²) in [6.45, 7) is 3.92. The van der Waals surface area contributed by atoms with Gasteiger partial charge in [0.15, 0.2) is 0 Å². The van der Waals surface area contributed by atoms with Crippen molar-refractivity contribution in [2.24, 2.45) is 0 Å². The second-order valence-corrected chi connectivity index (χ2v) is 3.43. The first-order valence-electron chi connectivity index (χ1n) is 5.42. The van der Waals surface area contributed by atoms with E-state index in [9.17, 15) is 4.79 Å². The molecule has 92 valence electrons. The van der Waals surface area contributed by atoms with Crippen LogP contribution in [0.5, 0.6) is 11.5 Å². The lowest BCUT2D eigenvalue weighted by atomic mass is 10.3. The van der Waals surface area contributed by atoms with Crippen molar-refractivity contribution < 1.29 is 19.4 Å². The number of carbonyl (C=O) groups excluding carboxylic acids is 1. The quantitative estimate of drug-likeness (QED) is 0.629. The molecule has 1 unspecified atom stereocenters. The van der Waals surface area contributed by atoms with Crippen LogP contribution >= 0.6 is 0 Å². The fourth-order valence-electron chi connectivity index (χ4n) is 1.18. The van der Waals surface area contributed by atoms with Crippen LogP contribution in [0.2, 0.25) is 0 Å². The van der Waals surface area contributed by atoms with Gasteiger partial charge < -0.3 is 14.6 Å². The summed E-state index contributed by atoms with van der Waals surface area (Å²) in [4.78, 5) is 11.0. The van der Waals surface area contributed by atoms with Gasteiger partial charge in [-0.15, -0.1) is 0 Å². The van der Waals surface area contributed by atoms with Gasteiger partial charge in [0.05, 0.1) is 6.61 Å².